The number of non-ortho nitro benzene ring substituents is 1. The number of aromatic amines is 1. The molecule has 0 fully saturated rings. The van der Waals surface area contributed by atoms with Crippen molar-refractivity contribution < 1.29 is 19.2 Å². The number of H-pyrrole nitrogens is 1. The van der Waals surface area contributed by atoms with Crippen molar-refractivity contribution in [2.24, 2.45) is 0 Å². The van der Waals surface area contributed by atoms with Gasteiger partial charge in [-0.25, -0.2) is 4.79 Å². The molecule has 2 aromatic heterocycles. The number of nitrogens with zero attached hydrogens (tertiary/aromatic N) is 1. The molecule has 3 aromatic rings. The predicted molar refractivity (Wildman–Crippen MR) is 134 cm³/mol. The van der Waals surface area contributed by atoms with Crippen molar-refractivity contribution in [3.8, 4) is 0 Å². The standard InChI is InChI=1S/C25H28N4O5S/c1-2-34-25(31)22-16-6-3-4-9-20(16)35-24(22)28-21(30)13-26-19-8-5-7-15-17-12-14(29(32)33)10-11-18(17)27-23(15)19/h10-12,19,26-27H,2-9,13H2,1H3,(H,28,30). The topological polar surface area (TPSA) is 126 Å². The van der Waals surface area contributed by atoms with Gasteiger partial charge >= 0.3 is 5.97 Å². The highest BCUT2D eigenvalue weighted by atomic mass is 32.1. The minimum atomic E-state index is -0.380. The Kier molecular flexibility index (Phi) is 6.57. The maximum atomic E-state index is 12.9. The number of esters is 1. The number of carbonyl (C=O) groups is 2. The Morgan fingerprint density at radius 1 is 1.20 bits per heavy atom. The van der Waals surface area contributed by atoms with Gasteiger partial charge in [-0.2, -0.15) is 0 Å². The maximum absolute atomic E-state index is 12.9. The van der Waals surface area contributed by atoms with Crippen LogP contribution in [-0.4, -0.2) is 34.9 Å². The van der Waals surface area contributed by atoms with Crippen LogP contribution in [0.3, 0.4) is 0 Å². The fourth-order valence-corrected chi connectivity index (χ4v) is 6.52. The molecule has 2 aliphatic rings. The molecule has 0 aliphatic heterocycles. The molecule has 1 amide bonds. The van der Waals surface area contributed by atoms with Crippen molar-refractivity contribution >= 4 is 44.8 Å². The molecule has 2 aliphatic carbocycles. The summed E-state index contributed by atoms with van der Waals surface area (Å²) in [6.45, 7) is 2.15. The lowest BCUT2D eigenvalue weighted by Gasteiger charge is -2.23. The Morgan fingerprint density at radius 3 is 2.80 bits per heavy atom. The van der Waals surface area contributed by atoms with Gasteiger partial charge in [0.25, 0.3) is 5.69 Å². The number of fused-ring (bicyclic) bond motifs is 4. The number of rotatable bonds is 7. The Bertz CT molecular complexity index is 1310. The fourth-order valence-electron chi connectivity index (χ4n) is 5.23. The second kappa shape index (κ2) is 9.79. The monoisotopic (exact) mass is 496 g/mol. The average molecular weight is 497 g/mol. The molecule has 184 valence electrons. The molecule has 0 bridgehead atoms. The number of hydrogen-bond acceptors (Lipinski definition) is 7. The van der Waals surface area contributed by atoms with E-state index < -0.39 is 0 Å². The van der Waals surface area contributed by atoms with Crippen LogP contribution in [0, 0.1) is 10.1 Å². The van der Waals surface area contributed by atoms with E-state index in [1.54, 1.807) is 19.1 Å². The molecule has 0 saturated carbocycles. The van der Waals surface area contributed by atoms with Crippen LogP contribution in [-0.2, 0) is 28.8 Å². The van der Waals surface area contributed by atoms with Gasteiger partial charge in [0, 0.05) is 39.6 Å². The van der Waals surface area contributed by atoms with Crippen molar-refractivity contribution in [3.63, 3.8) is 0 Å². The number of nitro benzene ring substituents is 1. The van der Waals surface area contributed by atoms with Crippen LogP contribution >= 0.6 is 11.3 Å². The summed E-state index contributed by atoms with van der Waals surface area (Å²) in [7, 11) is 0. The third kappa shape index (κ3) is 4.55. The Labute approximate surface area is 206 Å². The highest BCUT2D eigenvalue weighted by Gasteiger charge is 2.28. The molecule has 3 N–H and O–H groups in total. The number of hydrogen-bond donors (Lipinski definition) is 3. The van der Waals surface area contributed by atoms with E-state index >= 15 is 0 Å². The molecule has 10 heteroatoms. The van der Waals surface area contributed by atoms with Gasteiger partial charge in [-0.1, -0.05) is 0 Å². The lowest BCUT2D eigenvalue weighted by molar-refractivity contribution is -0.384. The van der Waals surface area contributed by atoms with Gasteiger partial charge in [0.1, 0.15) is 5.00 Å². The summed E-state index contributed by atoms with van der Waals surface area (Å²) in [6.07, 6.45) is 6.49. The number of anilines is 1. The van der Waals surface area contributed by atoms with E-state index in [0.717, 1.165) is 77.5 Å². The van der Waals surface area contributed by atoms with Gasteiger partial charge < -0.3 is 20.4 Å². The van der Waals surface area contributed by atoms with Gasteiger partial charge in [-0.3, -0.25) is 14.9 Å². The zero-order valence-electron chi connectivity index (χ0n) is 19.6. The first-order chi connectivity index (χ1) is 17.0. The summed E-state index contributed by atoms with van der Waals surface area (Å²) in [5.41, 5.74) is 4.53. The van der Waals surface area contributed by atoms with Crippen LogP contribution in [0.5, 0.6) is 0 Å². The smallest absolute Gasteiger partial charge is 0.341 e. The lowest BCUT2D eigenvalue weighted by atomic mass is 9.91. The van der Waals surface area contributed by atoms with E-state index in [1.807, 2.05) is 0 Å². The Hall–Kier alpha value is -3.24. The van der Waals surface area contributed by atoms with Gasteiger partial charge in [-0.15, -0.1) is 11.3 Å². The number of aromatic nitrogens is 1. The first kappa shape index (κ1) is 23.5. The summed E-state index contributed by atoms with van der Waals surface area (Å²) in [5, 5.41) is 18.9. The number of nitro groups is 1. The van der Waals surface area contributed by atoms with E-state index in [0.29, 0.717) is 10.6 Å². The SMILES string of the molecule is CCOC(=O)c1c(NC(=O)CNC2CCCc3c2[nH]c2ccc([N+](=O)[O-])cc32)sc2c1CCCC2. The zero-order chi connectivity index (χ0) is 24.5. The summed E-state index contributed by atoms with van der Waals surface area (Å²) >= 11 is 1.48. The Balaban J connectivity index is 1.31. The van der Waals surface area contributed by atoms with Gasteiger partial charge in [0.2, 0.25) is 5.91 Å². The molecule has 1 aromatic carbocycles. The largest absolute Gasteiger partial charge is 0.462 e. The number of nitrogens with one attached hydrogen (secondary N) is 3. The molecule has 0 spiro atoms. The van der Waals surface area contributed by atoms with Crippen LogP contribution < -0.4 is 10.6 Å². The summed E-state index contributed by atoms with van der Waals surface area (Å²) < 4.78 is 5.28. The second-order valence-electron chi connectivity index (χ2n) is 9.01. The average Bonchev–Trinajstić information content (AvgIpc) is 3.40. The van der Waals surface area contributed by atoms with E-state index in [1.165, 1.54) is 17.4 Å². The maximum Gasteiger partial charge on any atom is 0.341 e. The van der Waals surface area contributed by atoms with E-state index in [2.05, 4.69) is 15.6 Å². The third-order valence-electron chi connectivity index (χ3n) is 6.81. The summed E-state index contributed by atoms with van der Waals surface area (Å²) in [6, 6.07) is 4.80. The molecule has 0 radical (unpaired) electrons. The number of thiophene rings is 1. The van der Waals surface area contributed by atoms with Crippen molar-refractivity contribution in [2.45, 2.75) is 57.9 Å². The molecular weight excluding hydrogens is 468 g/mol. The zero-order valence-corrected chi connectivity index (χ0v) is 20.4. The van der Waals surface area contributed by atoms with Gasteiger partial charge in [-0.05, 0) is 69.1 Å². The van der Waals surface area contributed by atoms with E-state index in [9.17, 15) is 19.7 Å². The predicted octanol–water partition coefficient (Wildman–Crippen LogP) is 4.80. The molecule has 1 unspecified atom stereocenters. The van der Waals surface area contributed by atoms with Gasteiger partial charge in [0.15, 0.2) is 0 Å². The number of aryl methyl sites for hydroxylation is 2. The minimum Gasteiger partial charge on any atom is -0.462 e. The lowest BCUT2D eigenvalue weighted by Crippen LogP contribution is -2.33. The first-order valence-corrected chi connectivity index (χ1v) is 12.9. The van der Waals surface area contributed by atoms with Crippen molar-refractivity contribution in [1.82, 2.24) is 10.3 Å². The van der Waals surface area contributed by atoms with E-state index in [-0.39, 0.29) is 41.7 Å². The summed E-state index contributed by atoms with van der Waals surface area (Å²) in [4.78, 5) is 40.9. The van der Waals surface area contributed by atoms with Crippen LogP contribution in [0.15, 0.2) is 18.2 Å². The normalized spacial score (nSPS) is 17.0. The molecule has 35 heavy (non-hydrogen) atoms. The highest BCUT2D eigenvalue weighted by Crippen LogP contribution is 2.39. The Morgan fingerprint density at radius 2 is 2.00 bits per heavy atom. The van der Waals surface area contributed by atoms with Crippen LogP contribution in [0.2, 0.25) is 0 Å². The third-order valence-corrected chi connectivity index (χ3v) is 8.02. The number of ether oxygens (including phenoxy) is 1. The molecule has 9 nitrogen and oxygen atoms in total. The fraction of sp³-hybridized carbons (Fsp3) is 0.440. The number of carbonyl (C=O) groups excluding carboxylic acids is 2. The van der Waals surface area contributed by atoms with Crippen LogP contribution in [0.4, 0.5) is 10.7 Å². The first-order valence-electron chi connectivity index (χ1n) is 12.1. The van der Waals surface area contributed by atoms with Crippen LogP contribution in [0.25, 0.3) is 10.9 Å². The molecule has 1 atom stereocenters. The highest BCUT2D eigenvalue weighted by molar-refractivity contribution is 7.17. The van der Waals surface area contributed by atoms with Crippen molar-refractivity contribution in [2.75, 3.05) is 18.5 Å². The van der Waals surface area contributed by atoms with Crippen LogP contribution in [0.1, 0.15) is 70.7 Å². The van der Waals surface area contributed by atoms with Crippen molar-refractivity contribution in [3.05, 3.63) is 55.6 Å². The quantitative estimate of drug-likeness (QED) is 0.245. The molecule has 2 heterocycles. The minimum absolute atomic E-state index is 0.0583. The number of amides is 1. The number of benzene rings is 1. The molecular formula is C25H28N4O5S. The molecule has 0 saturated heterocycles. The molecule has 5 rings (SSSR count). The van der Waals surface area contributed by atoms with Gasteiger partial charge in [0.05, 0.1) is 23.6 Å². The summed E-state index contributed by atoms with van der Waals surface area (Å²) in [5.74, 6) is -0.590. The second-order valence-corrected chi connectivity index (χ2v) is 10.1. The van der Waals surface area contributed by atoms with Crippen molar-refractivity contribution in [1.29, 1.82) is 0 Å². The van der Waals surface area contributed by atoms with E-state index in [4.69, 9.17) is 4.74 Å².